The van der Waals surface area contributed by atoms with Crippen LogP contribution in [0.1, 0.15) is 47.8 Å². The summed E-state index contributed by atoms with van der Waals surface area (Å²) in [6.45, 7) is 3.83. The molecule has 0 aromatic carbocycles. The first-order chi connectivity index (χ1) is 24.2. The van der Waals surface area contributed by atoms with Gasteiger partial charge in [-0.05, 0) is 38.7 Å². The molecule has 3 aliphatic carbocycles. The van der Waals surface area contributed by atoms with Crippen LogP contribution < -0.4 is 30.5 Å². The number of nitrogens with zero attached hydrogens (tertiary/aromatic N) is 5. The van der Waals surface area contributed by atoms with Crippen LogP contribution in [-0.2, 0) is 17.8 Å². The van der Waals surface area contributed by atoms with E-state index in [-0.39, 0.29) is 98.5 Å². The van der Waals surface area contributed by atoms with Crippen molar-refractivity contribution < 1.29 is 36.7 Å². The number of nitrogens with one attached hydrogen (secondary N) is 2. The van der Waals surface area contributed by atoms with Gasteiger partial charge in [0.05, 0.1) is 19.6 Å². The molecule has 0 atom stereocenters. The SMILES string of the molecule is CCc1c(N2CCN(C(=O)c3c(OC)[nH]cc(C)c3=O)CC2)c(=O)c2nc(-c3ccnc(OC)c3)oc2n1CC(=O)NC12CC(C(F)(F)F)(C1)C2. The molecule has 1 aliphatic heterocycles. The van der Waals surface area contributed by atoms with Gasteiger partial charge in [-0.15, -0.1) is 0 Å². The van der Waals surface area contributed by atoms with Crippen molar-refractivity contribution in [2.45, 2.75) is 57.8 Å². The fourth-order valence-electron chi connectivity index (χ4n) is 7.72. The number of hydrogen-bond donors (Lipinski definition) is 2. The molecule has 0 unspecified atom stereocenters. The van der Waals surface area contributed by atoms with Crippen LogP contribution in [0.25, 0.3) is 22.7 Å². The van der Waals surface area contributed by atoms with Gasteiger partial charge in [-0.2, -0.15) is 13.2 Å². The summed E-state index contributed by atoms with van der Waals surface area (Å²) in [6, 6.07) is 3.21. The highest BCUT2D eigenvalue weighted by molar-refractivity contribution is 5.96. The second kappa shape index (κ2) is 12.2. The van der Waals surface area contributed by atoms with Crippen molar-refractivity contribution in [2.24, 2.45) is 5.41 Å². The summed E-state index contributed by atoms with van der Waals surface area (Å²) < 4.78 is 58.7. The van der Waals surface area contributed by atoms with E-state index in [2.05, 4.69) is 20.3 Å². The van der Waals surface area contributed by atoms with E-state index in [1.807, 2.05) is 11.8 Å². The number of fused-ring (bicyclic) bond motifs is 1. The zero-order valence-electron chi connectivity index (χ0n) is 28.4. The summed E-state index contributed by atoms with van der Waals surface area (Å²) in [5.41, 5.74) is -2.11. The summed E-state index contributed by atoms with van der Waals surface area (Å²) in [7, 11) is 2.81. The van der Waals surface area contributed by atoms with Gasteiger partial charge in [0.15, 0.2) is 5.52 Å². The van der Waals surface area contributed by atoms with Crippen molar-refractivity contribution in [1.29, 1.82) is 0 Å². The van der Waals surface area contributed by atoms with E-state index in [0.29, 0.717) is 16.8 Å². The molecular weight excluding hydrogens is 675 g/mol. The molecule has 1 saturated heterocycles. The number of pyridine rings is 3. The molecule has 5 heterocycles. The molecule has 14 nitrogen and oxygen atoms in total. The normalized spacial score (nSPS) is 21.2. The van der Waals surface area contributed by atoms with E-state index in [1.165, 1.54) is 31.5 Å². The Kier molecular flexibility index (Phi) is 8.13. The van der Waals surface area contributed by atoms with Crippen LogP contribution >= 0.6 is 0 Å². The number of ether oxygens (including phenoxy) is 2. The molecule has 2 amide bonds. The van der Waals surface area contributed by atoms with Gasteiger partial charge in [-0.25, -0.2) is 9.97 Å². The van der Waals surface area contributed by atoms with Gasteiger partial charge in [-0.3, -0.25) is 19.2 Å². The molecule has 4 aromatic rings. The zero-order valence-corrected chi connectivity index (χ0v) is 28.4. The second-order valence-electron chi connectivity index (χ2n) is 13.4. The number of carbonyl (C=O) groups excluding carboxylic acids is 2. The molecule has 0 spiro atoms. The number of piperazine rings is 1. The molecule has 4 aliphatic rings. The minimum Gasteiger partial charge on any atom is -0.482 e. The van der Waals surface area contributed by atoms with Gasteiger partial charge in [-0.1, -0.05) is 6.92 Å². The van der Waals surface area contributed by atoms with Crippen molar-refractivity contribution in [3.8, 4) is 23.2 Å². The van der Waals surface area contributed by atoms with Gasteiger partial charge in [0.25, 0.3) is 5.91 Å². The molecule has 2 bridgehead atoms. The predicted octanol–water partition coefficient (Wildman–Crippen LogP) is 3.19. The van der Waals surface area contributed by atoms with E-state index in [9.17, 15) is 32.3 Å². The van der Waals surface area contributed by atoms with E-state index in [1.54, 1.807) is 23.6 Å². The number of oxazole rings is 1. The van der Waals surface area contributed by atoms with Crippen LogP contribution in [0.2, 0.25) is 0 Å². The molecule has 0 radical (unpaired) electrons. The van der Waals surface area contributed by atoms with Crippen LogP contribution in [0.4, 0.5) is 18.9 Å². The summed E-state index contributed by atoms with van der Waals surface area (Å²) in [4.78, 5) is 69.0. The summed E-state index contributed by atoms with van der Waals surface area (Å²) in [5.74, 6) is -0.611. The number of amides is 2. The minimum absolute atomic E-state index is 0.0328. The summed E-state index contributed by atoms with van der Waals surface area (Å²) in [5, 5.41) is 2.82. The van der Waals surface area contributed by atoms with Crippen molar-refractivity contribution in [1.82, 2.24) is 29.7 Å². The number of aromatic nitrogens is 4. The number of aryl methyl sites for hydroxylation is 1. The lowest BCUT2D eigenvalue weighted by Gasteiger charge is -2.70. The third-order valence-electron chi connectivity index (χ3n) is 10.3. The van der Waals surface area contributed by atoms with Gasteiger partial charge in [0.2, 0.25) is 40.1 Å². The number of H-pyrrole nitrogens is 1. The summed E-state index contributed by atoms with van der Waals surface area (Å²) in [6.07, 6.45) is -1.58. The summed E-state index contributed by atoms with van der Waals surface area (Å²) >= 11 is 0. The maximum absolute atomic E-state index is 14.3. The van der Waals surface area contributed by atoms with Crippen LogP contribution in [0.5, 0.6) is 11.8 Å². The molecule has 51 heavy (non-hydrogen) atoms. The Bertz CT molecular complexity index is 2160. The van der Waals surface area contributed by atoms with E-state index in [4.69, 9.17) is 13.9 Å². The maximum Gasteiger partial charge on any atom is 0.394 e. The first-order valence-electron chi connectivity index (χ1n) is 16.5. The number of rotatable bonds is 9. The monoisotopic (exact) mass is 711 g/mol. The third kappa shape index (κ3) is 5.49. The van der Waals surface area contributed by atoms with Crippen molar-refractivity contribution >= 4 is 28.7 Å². The second-order valence-corrected chi connectivity index (χ2v) is 13.4. The molecule has 4 fully saturated rings. The largest absolute Gasteiger partial charge is 0.482 e. The van der Waals surface area contributed by atoms with Crippen LogP contribution in [0.15, 0.2) is 38.5 Å². The number of alkyl halides is 3. The lowest BCUT2D eigenvalue weighted by Crippen LogP contribution is -2.78. The average molecular weight is 712 g/mol. The predicted molar refractivity (Wildman–Crippen MR) is 177 cm³/mol. The highest BCUT2D eigenvalue weighted by Crippen LogP contribution is 2.73. The topological polar surface area (TPSA) is 165 Å². The average Bonchev–Trinajstić information content (AvgIpc) is 3.53. The van der Waals surface area contributed by atoms with Crippen molar-refractivity contribution in [2.75, 3.05) is 45.3 Å². The van der Waals surface area contributed by atoms with Gasteiger partial charge >= 0.3 is 6.18 Å². The fraction of sp³-hybridized carbons (Fsp3) is 0.471. The molecular formula is C34H36F3N7O7. The first-order valence-corrected chi connectivity index (χ1v) is 16.5. The Hall–Kier alpha value is -5.35. The molecule has 4 aromatic heterocycles. The maximum atomic E-state index is 14.3. The standard InChI is InChI=1S/C34H36F3N7O7/c1-5-20-25(42-8-10-43(11-9-42)30(48)23-26(46)18(2)13-39-29(23)50-4)27(47)24-31(51-28(40-24)19-6-7-38-22(12-19)49-3)44(20)14-21(45)41-33-15-32(16-33,17-33)34(35,36)37/h6-7,12-13H,5,8-11,14-17H2,1-4H3,(H,39,46)(H,41,45). The Morgan fingerprint density at radius 3 is 2.41 bits per heavy atom. The van der Waals surface area contributed by atoms with E-state index >= 15 is 0 Å². The van der Waals surface area contributed by atoms with E-state index in [0.717, 1.165) is 0 Å². The number of methoxy groups -OCH3 is 2. The smallest absolute Gasteiger partial charge is 0.394 e. The van der Waals surface area contributed by atoms with Crippen LogP contribution in [-0.4, -0.2) is 88.3 Å². The Balaban J connectivity index is 1.22. The lowest BCUT2D eigenvalue weighted by atomic mass is 9.39. The third-order valence-corrected chi connectivity index (χ3v) is 10.3. The molecule has 270 valence electrons. The van der Waals surface area contributed by atoms with Gasteiger partial charge < -0.3 is 38.6 Å². The van der Waals surface area contributed by atoms with Gasteiger partial charge in [0.1, 0.15) is 17.8 Å². The molecule has 3 saturated carbocycles. The fourth-order valence-corrected chi connectivity index (χ4v) is 7.72. The highest BCUT2D eigenvalue weighted by atomic mass is 19.4. The molecule has 2 N–H and O–H groups in total. The molecule has 8 rings (SSSR count). The number of aromatic amines is 1. The first kappa shape index (κ1) is 34.1. The van der Waals surface area contributed by atoms with Crippen molar-refractivity contribution in [3.63, 3.8) is 0 Å². The number of halogens is 3. The minimum atomic E-state index is -4.32. The van der Waals surface area contributed by atoms with E-state index < -0.39 is 39.8 Å². The zero-order chi connectivity index (χ0) is 36.5. The number of hydrogen-bond acceptors (Lipinski definition) is 10. The van der Waals surface area contributed by atoms with Crippen LogP contribution in [0.3, 0.4) is 0 Å². The number of carbonyl (C=O) groups is 2. The van der Waals surface area contributed by atoms with Gasteiger partial charge in [0, 0.05) is 67.0 Å². The quantitative estimate of drug-likeness (QED) is 0.264. The Labute approximate surface area is 288 Å². The Morgan fingerprint density at radius 2 is 1.78 bits per heavy atom. The van der Waals surface area contributed by atoms with Crippen LogP contribution in [0, 0.1) is 12.3 Å². The molecule has 17 heteroatoms. The van der Waals surface area contributed by atoms with Crippen molar-refractivity contribution in [3.05, 3.63) is 61.8 Å². The Morgan fingerprint density at radius 1 is 1.08 bits per heavy atom. The highest BCUT2D eigenvalue weighted by Gasteiger charge is 2.79. The lowest BCUT2D eigenvalue weighted by molar-refractivity contribution is -0.337. The number of anilines is 1.